The molecule has 6 nitrogen and oxygen atoms in total. The predicted octanol–water partition coefficient (Wildman–Crippen LogP) is 4.28. The van der Waals surface area contributed by atoms with E-state index in [0.717, 1.165) is 49.4 Å². The lowest BCUT2D eigenvalue weighted by atomic mass is 9.70. The summed E-state index contributed by atoms with van der Waals surface area (Å²) in [5.41, 5.74) is 6.93. The minimum Gasteiger partial charge on any atom is -0.369 e. The van der Waals surface area contributed by atoms with Crippen molar-refractivity contribution < 1.29 is 18.0 Å². The number of anilines is 1. The van der Waals surface area contributed by atoms with E-state index in [9.17, 15) is 23.2 Å². The molecule has 1 amide bonds. The zero-order valence-electron chi connectivity index (χ0n) is 20.2. The lowest BCUT2D eigenvalue weighted by molar-refractivity contribution is -0.168. The fraction of sp³-hybridized carbons (Fsp3) is 0.481. The SMILES string of the molecule is N#CCC1CCCCC1(NC(c1ccc(-c2ccc(N3CCNCC3)cc2)cc1)C(F)(F)F)C(N)=O. The number of alkyl halides is 3. The monoisotopic (exact) mass is 499 g/mol. The average Bonchev–Trinajstić information content (AvgIpc) is 2.88. The number of hydrogen-bond acceptors (Lipinski definition) is 5. The van der Waals surface area contributed by atoms with Gasteiger partial charge in [-0.3, -0.25) is 10.1 Å². The van der Waals surface area contributed by atoms with Crippen LogP contribution in [0.15, 0.2) is 48.5 Å². The van der Waals surface area contributed by atoms with Crippen LogP contribution in [0, 0.1) is 17.2 Å². The number of hydrogen-bond donors (Lipinski definition) is 3. The second-order valence-corrected chi connectivity index (χ2v) is 9.67. The van der Waals surface area contributed by atoms with E-state index >= 15 is 0 Å². The van der Waals surface area contributed by atoms with Crippen LogP contribution in [0.3, 0.4) is 0 Å². The highest BCUT2D eigenvalue weighted by atomic mass is 19.4. The molecule has 2 aliphatic rings. The average molecular weight is 500 g/mol. The van der Waals surface area contributed by atoms with E-state index in [4.69, 9.17) is 5.73 Å². The molecule has 3 unspecified atom stereocenters. The molecule has 4 rings (SSSR count). The number of piperazine rings is 1. The Hall–Kier alpha value is -3.09. The van der Waals surface area contributed by atoms with Gasteiger partial charge in [0.05, 0.1) is 6.07 Å². The Balaban J connectivity index is 1.58. The molecule has 2 fully saturated rings. The van der Waals surface area contributed by atoms with Crippen LogP contribution in [-0.4, -0.2) is 43.8 Å². The van der Waals surface area contributed by atoms with Gasteiger partial charge < -0.3 is 16.0 Å². The van der Waals surface area contributed by atoms with Crippen molar-refractivity contribution in [1.29, 1.82) is 5.26 Å². The zero-order chi connectivity index (χ0) is 25.8. The molecule has 1 aliphatic heterocycles. The smallest absolute Gasteiger partial charge is 0.369 e. The molecule has 2 aromatic carbocycles. The maximum atomic E-state index is 14.3. The Morgan fingerprint density at radius 3 is 2.28 bits per heavy atom. The molecule has 0 radical (unpaired) electrons. The van der Waals surface area contributed by atoms with Gasteiger partial charge >= 0.3 is 6.18 Å². The molecule has 36 heavy (non-hydrogen) atoms. The number of carbonyl (C=O) groups is 1. The van der Waals surface area contributed by atoms with Gasteiger partial charge in [0.2, 0.25) is 5.91 Å². The van der Waals surface area contributed by atoms with Crippen molar-refractivity contribution >= 4 is 11.6 Å². The van der Waals surface area contributed by atoms with Gasteiger partial charge in [0, 0.05) is 38.3 Å². The highest BCUT2D eigenvalue weighted by Gasteiger charge is 2.52. The molecule has 1 heterocycles. The fourth-order valence-corrected chi connectivity index (χ4v) is 5.48. The molecule has 1 saturated heterocycles. The first kappa shape index (κ1) is 26.0. The van der Waals surface area contributed by atoms with Crippen LogP contribution in [-0.2, 0) is 4.79 Å². The lowest BCUT2D eigenvalue weighted by Crippen LogP contribution is -2.63. The number of rotatable bonds is 7. The molecule has 192 valence electrons. The molecule has 0 bridgehead atoms. The molecular formula is C27H32F3N5O. The summed E-state index contributed by atoms with van der Waals surface area (Å²) in [5.74, 6) is -1.40. The van der Waals surface area contributed by atoms with Crippen molar-refractivity contribution in [2.24, 2.45) is 11.7 Å². The number of benzene rings is 2. The number of carbonyl (C=O) groups excluding carboxylic acids is 1. The largest absolute Gasteiger partial charge is 0.407 e. The number of nitrogens with two attached hydrogens (primary N) is 1. The van der Waals surface area contributed by atoms with Crippen LogP contribution in [0.25, 0.3) is 11.1 Å². The van der Waals surface area contributed by atoms with Gasteiger partial charge in [-0.1, -0.05) is 49.2 Å². The third-order valence-corrected chi connectivity index (χ3v) is 7.50. The van der Waals surface area contributed by atoms with Gasteiger partial charge in [-0.25, -0.2) is 0 Å². The van der Waals surface area contributed by atoms with Crippen LogP contribution in [0.5, 0.6) is 0 Å². The first-order chi connectivity index (χ1) is 17.2. The topological polar surface area (TPSA) is 94.2 Å². The summed E-state index contributed by atoms with van der Waals surface area (Å²) >= 11 is 0. The van der Waals surface area contributed by atoms with Gasteiger partial charge in [0.1, 0.15) is 11.6 Å². The minimum absolute atomic E-state index is 0.00518. The normalized spacial score (nSPS) is 23.6. The summed E-state index contributed by atoms with van der Waals surface area (Å²) < 4.78 is 42.8. The summed E-state index contributed by atoms with van der Waals surface area (Å²) in [5, 5.41) is 15.1. The second-order valence-electron chi connectivity index (χ2n) is 9.67. The van der Waals surface area contributed by atoms with Crippen molar-refractivity contribution in [1.82, 2.24) is 10.6 Å². The van der Waals surface area contributed by atoms with E-state index < -0.39 is 29.6 Å². The lowest BCUT2D eigenvalue weighted by Gasteiger charge is -2.44. The molecule has 3 atom stereocenters. The molecule has 4 N–H and O–H groups in total. The summed E-state index contributed by atoms with van der Waals surface area (Å²) in [6.45, 7) is 3.74. The molecule has 0 spiro atoms. The number of amides is 1. The first-order valence-electron chi connectivity index (χ1n) is 12.4. The third-order valence-electron chi connectivity index (χ3n) is 7.50. The van der Waals surface area contributed by atoms with Crippen LogP contribution in [0.1, 0.15) is 43.7 Å². The van der Waals surface area contributed by atoms with Crippen molar-refractivity contribution in [2.45, 2.75) is 49.9 Å². The Morgan fingerprint density at radius 1 is 1.11 bits per heavy atom. The zero-order valence-corrected chi connectivity index (χ0v) is 20.2. The van der Waals surface area contributed by atoms with E-state index in [0.29, 0.717) is 12.8 Å². The Labute approximate surface area is 209 Å². The summed E-state index contributed by atoms with van der Waals surface area (Å²) in [4.78, 5) is 14.8. The Bertz CT molecular complexity index is 1070. The van der Waals surface area contributed by atoms with Crippen LogP contribution >= 0.6 is 0 Å². The standard InChI is InChI=1S/C27H32F3N5O/c28-27(29,30)24(34-26(25(32)36)13-2-1-3-22(26)12-14-31)21-6-4-19(5-7-21)20-8-10-23(11-9-20)35-17-15-33-16-18-35/h4-11,22,24,33-34H,1-3,12-13,15-18H2,(H2,32,36). The quantitative estimate of drug-likeness (QED) is 0.529. The minimum atomic E-state index is -4.65. The number of primary amides is 1. The van der Waals surface area contributed by atoms with Crippen molar-refractivity contribution in [3.8, 4) is 17.2 Å². The Morgan fingerprint density at radius 2 is 1.72 bits per heavy atom. The van der Waals surface area contributed by atoms with E-state index in [2.05, 4.69) is 15.5 Å². The molecule has 9 heteroatoms. The number of nitrogens with zero attached hydrogens (tertiary/aromatic N) is 2. The van der Waals surface area contributed by atoms with E-state index in [-0.39, 0.29) is 18.4 Å². The van der Waals surface area contributed by atoms with E-state index in [1.807, 2.05) is 30.3 Å². The van der Waals surface area contributed by atoms with E-state index in [1.165, 1.54) is 12.1 Å². The molecule has 0 aromatic heterocycles. The molecule has 1 aliphatic carbocycles. The van der Waals surface area contributed by atoms with E-state index in [1.54, 1.807) is 12.1 Å². The van der Waals surface area contributed by atoms with Crippen LogP contribution in [0.4, 0.5) is 18.9 Å². The van der Waals surface area contributed by atoms with Crippen LogP contribution < -0.4 is 21.3 Å². The van der Waals surface area contributed by atoms with Gasteiger partial charge in [-0.15, -0.1) is 0 Å². The van der Waals surface area contributed by atoms with Crippen molar-refractivity contribution in [2.75, 3.05) is 31.1 Å². The van der Waals surface area contributed by atoms with Crippen molar-refractivity contribution in [3.05, 3.63) is 54.1 Å². The van der Waals surface area contributed by atoms with Gasteiger partial charge in [0.15, 0.2) is 0 Å². The molecule has 1 saturated carbocycles. The first-order valence-corrected chi connectivity index (χ1v) is 12.4. The summed E-state index contributed by atoms with van der Waals surface area (Å²) in [7, 11) is 0. The molecule has 2 aromatic rings. The maximum Gasteiger partial charge on any atom is 0.407 e. The van der Waals surface area contributed by atoms with Crippen LogP contribution in [0.2, 0.25) is 0 Å². The second kappa shape index (κ2) is 10.9. The summed E-state index contributed by atoms with van der Waals surface area (Å²) in [6.07, 6.45) is -2.68. The molecular weight excluding hydrogens is 467 g/mol. The van der Waals surface area contributed by atoms with Gasteiger partial charge in [0.25, 0.3) is 0 Å². The maximum absolute atomic E-state index is 14.3. The third kappa shape index (κ3) is 5.50. The predicted molar refractivity (Wildman–Crippen MR) is 133 cm³/mol. The number of nitriles is 1. The Kier molecular flexibility index (Phi) is 7.86. The highest BCUT2D eigenvalue weighted by Crippen LogP contribution is 2.42. The highest BCUT2D eigenvalue weighted by molar-refractivity contribution is 5.85. The summed E-state index contributed by atoms with van der Waals surface area (Å²) in [6, 6.07) is 14.2. The van der Waals surface area contributed by atoms with Gasteiger partial charge in [-0.05, 0) is 47.6 Å². The van der Waals surface area contributed by atoms with Gasteiger partial charge in [-0.2, -0.15) is 18.4 Å². The number of halogens is 3. The van der Waals surface area contributed by atoms with Crippen molar-refractivity contribution in [3.63, 3.8) is 0 Å². The number of nitrogens with one attached hydrogen (secondary N) is 2. The fourth-order valence-electron chi connectivity index (χ4n) is 5.48.